The molecule has 0 aliphatic heterocycles. The van der Waals surface area contributed by atoms with Gasteiger partial charge in [0.2, 0.25) is 0 Å². The van der Waals surface area contributed by atoms with E-state index in [2.05, 4.69) is 15.6 Å². The van der Waals surface area contributed by atoms with Crippen LogP contribution in [0.2, 0.25) is 5.02 Å². The summed E-state index contributed by atoms with van der Waals surface area (Å²) in [6.45, 7) is 5.48. The molecule has 0 bridgehead atoms. The van der Waals surface area contributed by atoms with Crippen LogP contribution >= 0.6 is 11.6 Å². The molecular weight excluding hydrogens is 487 g/mol. The van der Waals surface area contributed by atoms with Crippen molar-refractivity contribution in [3.8, 4) is 11.1 Å². The number of rotatable bonds is 11. The molecular formula is C26H30ClFN4O4. The Bertz CT molecular complexity index is 1210. The van der Waals surface area contributed by atoms with Gasteiger partial charge in [-0.25, -0.2) is 4.39 Å². The lowest BCUT2D eigenvalue weighted by Crippen LogP contribution is -2.44. The maximum Gasteiger partial charge on any atom is 0.311 e. The maximum absolute atomic E-state index is 14.2. The molecule has 0 fully saturated rings. The van der Waals surface area contributed by atoms with Gasteiger partial charge in [-0.15, -0.1) is 5.10 Å². The number of hydrogen-bond acceptors (Lipinski definition) is 5. The third-order valence-corrected chi connectivity index (χ3v) is 6.13. The van der Waals surface area contributed by atoms with Crippen molar-refractivity contribution < 1.29 is 24.2 Å². The monoisotopic (exact) mass is 516 g/mol. The molecule has 0 spiro atoms. The minimum absolute atomic E-state index is 0.0185. The lowest BCUT2D eigenvalue weighted by Gasteiger charge is -2.28. The van der Waals surface area contributed by atoms with E-state index in [4.69, 9.17) is 11.6 Å². The highest BCUT2D eigenvalue weighted by atomic mass is 35.5. The zero-order chi connectivity index (χ0) is 26.5. The van der Waals surface area contributed by atoms with Gasteiger partial charge in [0.15, 0.2) is 5.69 Å². The van der Waals surface area contributed by atoms with E-state index < -0.39 is 35.8 Å². The average Bonchev–Trinajstić information content (AvgIpc) is 3.29. The summed E-state index contributed by atoms with van der Waals surface area (Å²) in [5.41, 5.74) is 0.444. The molecule has 0 saturated carbocycles. The fraction of sp³-hybridized carbons (Fsp3) is 0.385. The number of nitrogens with zero attached hydrogens (tertiary/aromatic N) is 3. The van der Waals surface area contributed by atoms with Gasteiger partial charge in [-0.2, -0.15) is 0 Å². The van der Waals surface area contributed by atoms with Gasteiger partial charge >= 0.3 is 5.97 Å². The van der Waals surface area contributed by atoms with Crippen LogP contribution in [0.3, 0.4) is 0 Å². The summed E-state index contributed by atoms with van der Waals surface area (Å²) in [5.74, 6) is -1.74. The van der Waals surface area contributed by atoms with E-state index in [-0.39, 0.29) is 18.5 Å². The number of benzene rings is 2. The largest absolute Gasteiger partial charge is 0.481 e. The van der Waals surface area contributed by atoms with E-state index in [1.807, 2.05) is 13.8 Å². The number of carbonyl (C=O) groups is 2. The Morgan fingerprint density at radius 1 is 1.19 bits per heavy atom. The van der Waals surface area contributed by atoms with Crippen molar-refractivity contribution in [1.29, 1.82) is 0 Å². The predicted molar refractivity (Wildman–Crippen MR) is 134 cm³/mol. The molecule has 3 rings (SSSR count). The fourth-order valence-corrected chi connectivity index (χ4v) is 4.06. The molecule has 1 amide bonds. The van der Waals surface area contributed by atoms with Gasteiger partial charge in [0.1, 0.15) is 5.82 Å². The Morgan fingerprint density at radius 2 is 1.89 bits per heavy atom. The number of halogens is 2. The van der Waals surface area contributed by atoms with E-state index in [1.54, 1.807) is 41.2 Å². The molecule has 36 heavy (non-hydrogen) atoms. The van der Waals surface area contributed by atoms with E-state index in [0.29, 0.717) is 28.6 Å². The number of aliphatic hydroxyl groups excluding tert-OH is 1. The maximum atomic E-state index is 14.2. The molecule has 1 aromatic heterocycles. The third kappa shape index (κ3) is 6.89. The first kappa shape index (κ1) is 27.3. The lowest BCUT2D eigenvalue weighted by atomic mass is 9.82. The number of aromatic nitrogens is 3. The van der Waals surface area contributed by atoms with Crippen LogP contribution in [0.4, 0.5) is 4.39 Å². The van der Waals surface area contributed by atoms with E-state index >= 15 is 0 Å². The second kappa shape index (κ2) is 11.6. The quantitative estimate of drug-likeness (QED) is 0.351. The summed E-state index contributed by atoms with van der Waals surface area (Å²) >= 11 is 6.01. The van der Waals surface area contributed by atoms with Gasteiger partial charge < -0.3 is 15.5 Å². The molecule has 0 aliphatic carbocycles. The second-order valence-corrected chi connectivity index (χ2v) is 10.1. The van der Waals surface area contributed by atoms with Crippen LogP contribution in [0.5, 0.6) is 0 Å². The Hall–Kier alpha value is -3.30. The standard InChI is InChI=1S/C26H30ClFN4O4/c1-16(2)13-32-14-23(30-31-32)24(34)29-20(12-26(3,15-33)25(35)36)10-17-4-6-18(7-5-17)21-11-19(27)8-9-22(21)28/h4-9,11,14,16,20,33H,10,12-13,15H2,1-3H3,(H,29,34)(H,35,36)/t20-,26+/m1/s1. The molecule has 192 valence electrons. The van der Waals surface area contributed by atoms with Crippen LogP contribution in [0.15, 0.2) is 48.7 Å². The van der Waals surface area contributed by atoms with Gasteiger partial charge in [0.05, 0.1) is 18.2 Å². The van der Waals surface area contributed by atoms with Crippen molar-refractivity contribution in [3.05, 3.63) is 70.8 Å². The molecule has 3 aromatic rings. The Balaban J connectivity index is 1.82. The van der Waals surface area contributed by atoms with E-state index in [0.717, 1.165) is 5.56 Å². The van der Waals surface area contributed by atoms with Gasteiger partial charge in [0, 0.05) is 23.2 Å². The Labute approximate surface area is 214 Å². The number of carboxylic acid groups (broad SMARTS) is 1. The van der Waals surface area contributed by atoms with E-state index in [9.17, 15) is 24.2 Å². The number of hydrogen-bond donors (Lipinski definition) is 3. The number of aliphatic carboxylic acids is 1. The SMILES string of the molecule is CC(C)Cn1cc(C(=O)N[C@H](Cc2ccc(-c3cc(Cl)ccc3F)cc2)C[C@@](C)(CO)C(=O)O)nn1. The molecule has 0 radical (unpaired) electrons. The first-order valence-corrected chi connectivity index (χ1v) is 12.0. The second-order valence-electron chi connectivity index (χ2n) is 9.64. The summed E-state index contributed by atoms with van der Waals surface area (Å²) < 4.78 is 15.8. The highest BCUT2D eigenvalue weighted by Gasteiger charge is 2.36. The summed E-state index contributed by atoms with van der Waals surface area (Å²) in [6.07, 6.45) is 1.81. The van der Waals surface area contributed by atoms with Gasteiger partial charge in [0.25, 0.3) is 5.91 Å². The van der Waals surface area contributed by atoms with Crippen molar-refractivity contribution in [2.24, 2.45) is 11.3 Å². The zero-order valence-corrected chi connectivity index (χ0v) is 21.2. The summed E-state index contributed by atoms with van der Waals surface area (Å²) in [5, 5.41) is 30.6. The van der Waals surface area contributed by atoms with Crippen LogP contribution in [-0.4, -0.2) is 49.7 Å². The van der Waals surface area contributed by atoms with Crippen molar-refractivity contribution in [2.45, 2.75) is 46.2 Å². The van der Waals surface area contributed by atoms with Crippen molar-refractivity contribution in [2.75, 3.05) is 6.61 Å². The van der Waals surface area contributed by atoms with Gasteiger partial charge in [-0.3, -0.25) is 14.3 Å². The summed E-state index contributed by atoms with van der Waals surface area (Å²) in [6, 6.07) is 10.7. The smallest absolute Gasteiger partial charge is 0.311 e. The van der Waals surface area contributed by atoms with Crippen LogP contribution in [-0.2, 0) is 17.8 Å². The fourth-order valence-electron chi connectivity index (χ4n) is 3.89. The van der Waals surface area contributed by atoms with Crippen molar-refractivity contribution in [1.82, 2.24) is 20.3 Å². The first-order valence-electron chi connectivity index (χ1n) is 11.6. The van der Waals surface area contributed by atoms with Gasteiger partial charge in [-0.1, -0.05) is 54.9 Å². The Morgan fingerprint density at radius 3 is 2.50 bits per heavy atom. The number of nitrogens with one attached hydrogen (secondary N) is 1. The zero-order valence-electron chi connectivity index (χ0n) is 20.4. The summed E-state index contributed by atoms with van der Waals surface area (Å²) in [4.78, 5) is 24.7. The molecule has 0 saturated heterocycles. The number of carboxylic acids is 1. The molecule has 0 aliphatic rings. The summed E-state index contributed by atoms with van der Waals surface area (Å²) in [7, 11) is 0. The minimum Gasteiger partial charge on any atom is -0.481 e. The Kier molecular flexibility index (Phi) is 8.81. The van der Waals surface area contributed by atoms with Crippen molar-refractivity contribution in [3.63, 3.8) is 0 Å². The number of aliphatic hydroxyl groups is 1. The van der Waals surface area contributed by atoms with Crippen molar-refractivity contribution >= 4 is 23.5 Å². The topological polar surface area (TPSA) is 117 Å². The third-order valence-electron chi connectivity index (χ3n) is 5.90. The van der Waals surface area contributed by atoms with Gasteiger partial charge in [-0.05, 0) is 55.0 Å². The van der Waals surface area contributed by atoms with Crippen LogP contribution < -0.4 is 5.32 Å². The normalized spacial score (nSPS) is 13.9. The highest BCUT2D eigenvalue weighted by Crippen LogP contribution is 2.28. The predicted octanol–water partition coefficient (Wildman–Crippen LogP) is 4.21. The molecule has 0 unspecified atom stereocenters. The lowest BCUT2D eigenvalue weighted by molar-refractivity contribution is -0.151. The molecule has 8 nitrogen and oxygen atoms in total. The van der Waals surface area contributed by atoms with Crippen LogP contribution in [0.25, 0.3) is 11.1 Å². The molecule has 10 heteroatoms. The number of amides is 1. The highest BCUT2D eigenvalue weighted by molar-refractivity contribution is 6.30. The average molecular weight is 517 g/mol. The number of carbonyl (C=O) groups excluding carboxylic acids is 1. The molecule has 2 aromatic carbocycles. The van der Waals surface area contributed by atoms with Crippen LogP contribution in [0.1, 0.15) is 43.2 Å². The molecule has 1 heterocycles. The van der Waals surface area contributed by atoms with Crippen LogP contribution in [0, 0.1) is 17.2 Å². The van der Waals surface area contributed by atoms with E-state index in [1.165, 1.54) is 19.1 Å². The first-order chi connectivity index (χ1) is 17.0. The molecule has 3 N–H and O–H groups in total. The minimum atomic E-state index is -1.46. The molecule has 2 atom stereocenters.